The van der Waals surface area contributed by atoms with E-state index in [-0.39, 0.29) is 25.9 Å². The van der Waals surface area contributed by atoms with Crippen molar-refractivity contribution in [3.8, 4) is 33.6 Å². The summed E-state index contributed by atoms with van der Waals surface area (Å²) in [6.07, 6.45) is 1.83. The number of rotatable bonds is 6. The number of hydrogen-bond acceptors (Lipinski definition) is 4. The summed E-state index contributed by atoms with van der Waals surface area (Å²) < 4.78 is 51.4. The molecular weight excluding hydrogens is 872 g/mol. The van der Waals surface area contributed by atoms with Crippen LogP contribution in [0.4, 0.5) is 4.39 Å². The quantitative estimate of drug-likeness (QED) is 0.156. The number of aromatic nitrogens is 2. The number of halogens is 1. The molecule has 6 aromatic carbocycles. The summed E-state index contributed by atoms with van der Waals surface area (Å²) in [7, 11) is 0. The molecule has 4 nitrogen and oxygen atoms in total. The van der Waals surface area contributed by atoms with Crippen LogP contribution in [0.25, 0.3) is 77.5 Å². The number of nitrogens with zero attached hydrogens (tertiary/aromatic N) is 2. The third kappa shape index (κ3) is 7.29. The topological polar surface area (TPSA) is 52.1 Å². The molecule has 1 radical (unpaired) electrons. The largest absolute Gasteiger partial charge is 0.501 e. The summed E-state index contributed by atoms with van der Waals surface area (Å²) in [6, 6.07) is 50.8. The van der Waals surface area contributed by atoms with Gasteiger partial charge in [0.25, 0.3) is 0 Å². The number of pyridine rings is 2. The van der Waals surface area contributed by atoms with Crippen molar-refractivity contribution < 1.29 is 37.4 Å². The molecule has 0 aliphatic heterocycles. The van der Waals surface area contributed by atoms with E-state index < -0.39 is 12.3 Å². The Kier molecular flexibility index (Phi) is 9.40. The summed E-state index contributed by atoms with van der Waals surface area (Å²) in [5, 5.41) is 3.92. The SMILES string of the molecule is [2H]C(C)(C)c1ccc2c(c1)oc1c(-c3ccccn3)[c-]ccc12.[2H]C([2H])(c1ccccc1)c1ccc2c(c1)oc1c(-c3cc(-c4ccc(F)cc4)ccn3)[c-]ccc12.[Ir]. The number of benzene rings is 6. The Hall–Kier alpha value is -6.20. The fraction of sp³-hybridized carbons (Fsp3) is 0.0800. The summed E-state index contributed by atoms with van der Waals surface area (Å²) >= 11 is 0. The molecule has 56 heavy (non-hydrogen) atoms. The van der Waals surface area contributed by atoms with Crippen molar-refractivity contribution in [2.24, 2.45) is 0 Å². The summed E-state index contributed by atoms with van der Waals surface area (Å²) in [5.74, 6) is -0.928. The van der Waals surface area contributed by atoms with Crippen LogP contribution in [0, 0.1) is 17.9 Å². The second kappa shape index (κ2) is 15.9. The Morgan fingerprint density at radius 3 is 1.93 bits per heavy atom. The first-order valence-corrected chi connectivity index (χ1v) is 18.0. The van der Waals surface area contributed by atoms with Crippen LogP contribution in [0.1, 0.15) is 40.5 Å². The van der Waals surface area contributed by atoms with Gasteiger partial charge < -0.3 is 18.8 Å². The van der Waals surface area contributed by atoms with Crippen LogP contribution in [-0.4, -0.2) is 9.97 Å². The monoisotopic (exact) mass is 910 g/mol. The standard InChI is InChI=1S/C30H19FNO.C20H16NO.Ir/c31-24-12-10-22(11-13-24)23-15-16-32-28(19-23)27-8-4-7-26-25-14-9-21(18-29(25)33-30(26)27)17-20-5-2-1-3-6-20;1-13(2)14-9-10-15-16-6-5-7-17(18-8-3-4-11-21-18)20(16)22-19(15)12-14;/h1-7,9-16,18-19H,17H2;3-6,8-13H,1-2H3;/q2*-1;/i17D2;13D;. The smallest absolute Gasteiger partial charge is 0.123 e. The molecule has 6 heteroatoms. The number of furan rings is 2. The molecule has 0 aliphatic rings. The van der Waals surface area contributed by atoms with Gasteiger partial charge in [0.2, 0.25) is 0 Å². The normalized spacial score (nSPS) is 12.4. The van der Waals surface area contributed by atoms with Crippen LogP contribution >= 0.6 is 0 Å². The Labute approximate surface area is 342 Å². The minimum Gasteiger partial charge on any atom is -0.501 e. The van der Waals surface area contributed by atoms with Crippen molar-refractivity contribution in [3.05, 3.63) is 193 Å². The fourth-order valence-electron chi connectivity index (χ4n) is 6.84. The third-order valence-corrected chi connectivity index (χ3v) is 9.62. The van der Waals surface area contributed by atoms with Crippen molar-refractivity contribution in [3.63, 3.8) is 0 Å². The van der Waals surface area contributed by atoms with Gasteiger partial charge in [-0.25, -0.2) is 4.39 Å². The maximum Gasteiger partial charge on any atom is 0.123 e. The molecule has 0 saturated carbocycles. The first-order chi connectivity index (χ1) is 28.0. The third-order valence-electron chi connectivity index (χ3n) is 9.62. The molecule has 0 fully saturated rings. The van der Waals surface area contributed by atoms with Gasteiger partial charge in [-0.1, -0.05) is 121 Å². The second-order valence-corrected chi connectivity index (χ2v) is 13.5. The average molecular weight is 910 g/mol. The predicted molar refractivity (Wildman–Crippen MR) is 220 cm³/mol. The Morgan fingerprint density at radius 1 is 0.607 bits per heavy atom. The van der Waals surface area contributed by atoms with E-state index in [1.165, 1.54) is 12.1 Å². The van der Waals surface area contributed by atoms with Crippen LogP contribution in [0.5, 0.6) is 0 Å². The molecule has 0 aliphatic carbocycles. The zero-order valence-electron chi connectivity index (χ0n) is 33.4. The zero-order valence-corrected chi connectivity index (χ0v) is 32.8. The molecule has 0 saturated heterocycles. The molecule has 0 amide bonds. The molecule has 0 N–H and O–H groups in total. The second-order valence-electron chi connectivity index (χ2n) is 13.5. The number of hydrogen-bond donors (Lipinski definition) is 0. The molecule has 0 unspecified atom stereocenters. The molecule has 4 aromatic heterocycles. The van der Waals surface area contributed by atoms with Crippen molar-refractivity contribution in [2.45, 2.75) is 26.1 Å². The van der Waals surface area contributed by atoms with Gasteiger partial charge >= 0.3 is 0 Å². The van der Waals surface area contributed by atoms with Crippen molar-refractivity contribution in [1.29, 1.82) is 0 Å². The Morgan fingerprint density at radius 2 is 1.25 bits per heavy atom. The van der Waals surface area contributed by atoms with Gasteiger partial charge in [0, 0.05) is 47.4 Å². The van der Waals surface area contributed by atoms with Crippen LogP contribution in [-0.2, 0) is 26.5 Å². The molecule has 4 heterocycles. The molecule has 0 bridgehead atoms. The zero-order chi connectivity index (χ0) is 40.0. The van der Waals surface area contributed by atoms with Crippen LogP contribution in [0.3, 0.4) is 0 Å². The van der Waals surface area contributed by atoms with Gasteiger partial charge in [0.1, 0.15) is 17.0 Å². The minimum atomic E-state index is -1.66. The molecule has 275 valence electrons. The van der Waals surface area contributed by atoms with E-state index in [0.717, 1.165) is 66.2 Å². The predicted octanol–water partition coefficient (Wildman–Crippen LogP) is 13.4. The van der Waals surface area contributed by atoms with E-state index in [4.69, 9.17) is 12.9 Å². The maximum absolute atomic E-state index is 13.4. The van der Waals surface area contributed by atoms with Crippen molar-refractivity contribution in [2.75, 3.05) is 0 Å². The Balaban J connectivity index is 0.000000175. The van der Waals surface area contributed by atoms with Crippen molar-refractivity contribution in [1.82, 2.24) is 9.97 Å². The van der Waals surface area contributed by atoms with Crippen molar-refractivity contribution >= 4 is 43.9 Å². The summed E-state index contributed by atoms with van der Waals surface area (Å²) in [5.41, 5.74) is 9.81. The van der Waals surface area contributed by atoms with E-state index in [1.54, 1.807) is 42.7 Å². The molecule has 10 rings (SSSR count). The molecule has 0 spiro atoms. The van der Waals surface area contributed by atoms with Gasteiger partial charge in [-0.05, 0) is 87.9 Å². The van der Waals surface area contributed by atoms with Crippen LogP contribution in [0.15, 0.2) is 167 Å². The van der Waals surface area contributed by atoms with E-state index in [9.17, 15) is 4.39 Å². The van der Waals surface area contributed by atoms with E-state index in [0.29, 0.717) is 28.0 Å². The van der Waals surface area contributed by atoms with E-state index in [1.807, 2.05) is 117 Å². The van der Waals surface area contributed by atoms with E-state index >= 15 is 0 Å². The van der Waals surface area contributed by atoms with Gasteiger partial charge in [0.15, 0.2) is 0 Å². The number of fused-ring (bicyclic) bond motifs is 6. The average Bonchev–Trinajstić information content (AvgIpc) is 3.82. The first kappa shape index (κ1) is 33.2. The molecular formula is C50H35FIrN2O2-2. The molecule has 0 atom stereocenters. The first-order valence-electron chi connectivity index (χ1n) is 19.5. The van der Waals surface area contributed by atoms with Crippen LogP contribution < -0.4 is 0 Å². The summed E-state index contributed by atoms with van der Waals surface area (Å²) in [6.45, 7) is 3.76. The molecule has 10 aromatic rings. The van der Waals surface area contributed by atoms with Gasteiger partial charge in [-0.15, -0.1) is 36.4 Å². The van der Waals surface area contributed by atoms with Gasteiger partial charge in [-0.3, -0.25) is 0 Å². The maximum atomic E-state index is 13.4. The van der Waals surface area contributed by atoms with Gasteiger partial charge in [-0.2, -0.15) is 0 Å². The fourth-order valence-corrected chi connectivity index (χ4v) is 6.84. The minimum absolute atomic E-state index is 0. The van der Waals surface area contributed by atoms with E-state index in [2.05, 4.69) is 22.1 Å². The Bertz CT molecular complexity index is 3090. The summed E-state index contributed by atoms with van der Waals surface area (Å²) in [4.78, 5) is 8.95. The van der Waals surface area contributed by atoms with Gasteiger partial charge in [0.05, 0.1) is 11.2 Å². The van der Waals surface area contributed by atoms with Crippen LogP contribution in [0.2, 0.25) is 0 Å².